The zero-order valence-electron chi connectivity index (χ0n) is 10.6. The highest BCUT2D eigenvalue weighted by Gasteiger charge is 2.08. The van der Waals surface area contributed by atoms with E-state index >= 15 is 0 Å². The molecule has 0 fully saturated rings. The summed E-state index contributed by atoms with van der Waals surface area (Å²) >= 11 is 4.38. The van der Waals surface area contributed by atoms with Crippen LogP contribution in [0, 0.1) is 12.8 Å². The van der Waals surface area contributed by atoms with Gasteiger partial charge >= 0.3 is 0 Å². The molecule has 1 rings (SSSR count). The van der Waals surface area contributed by atoms with Crippen LogP contribution in [-0.2, 0) is 6.54 Å². The first-order valence-corrected chi connectivity index (χ1v) is 6.64. The molecule has 90 valence electrons. The fourth-order valence-corrected chi connectivity index (χ4v) is 2.20. The molecule has 1 aromatic rings. The molecule has 1 unspecified atom stereocenters. The molecule has 0 N–H and O–H groups in total. The average Bonchev–Trinajstić information content (AvgIpc) is 2.29. The molecule has 0 heterocycles. The van der Waals surface area contributed by atoms with E-state index in [4.69, 9.17) is 0 Å². The van der Waals surface area contributed by atoms with Crippen molar-refractivity contribution in [1.82, 2.24) is 4.90 Å². The van der Waals surface area contributed by atoms with Crippen LogP contribution in [0.3, 0.4) is 0 Å². The molecule has 16 heavy (non-hydrogen) atoms. The molecule has 2 heteroatoms. The summed E-state index contributed by atoms with van der Waals surface area (Å²) in [5.41, 5.74) is 2.72. The SMILES string of the molecule is CCC(CS)CN(C)Cc1ccc(C)cc1. The topological polar surface area (TPSA) is 3.24 Å². The third kappa shape index (κ3) is 4.58. The van der Waals surface area contributed by atoms with E-state index in [0.29, 0.717) is 5.92 Å². The predicted octanol–water partition coefficient (Wildman–Crippen LogP) is 3.38. The summed E-state index contributed by atoms with van der Waals surface area (Å²) in [6, 6.07) is 8.79. The molecule has 1 aromatic carbocycles. The fourth-order valence-electron chi connectivity index (χ4n) is 1.83. The van der Waals surface area contributed by atoms with Crippen LogP contribution >= 0.6 is 12.6 Å². The van der Waals surface area contributed by atoms with Gasteiger partial charge in [0.1, 0.15) is 0 Å². The van der Waals surface area contributed by atoms with Crippen molar-refractivity contribution in [1.29, 1.82) is 0 Å². The van der Waals surface area contributed by atoms with Gasteiger partial charge in [-0.05, 0) is 31.2 Å². The van der Waals surface area contributed by atoms with Crippen LogP contribution < -0.4 is 0 Å². The smallest absolute Gasteiger partial charge is 0.0230 e. The Kier molecular flexibility index (Phi) is 5.93. The molecule has 0 saturated carbocycles. The molecule has 0 amide bonds. The van der Waals surface area contributed by atoms with E-state index < -0.39 is 0 Å². The van der Waals surface area contributed by atoms with Crippen LogP contribution in [0.2, 0.25) is 0 Å². The Bertz CT molecular complexity index is 290. The van der Waals surface area contributed by atoms with Gasteiger partial charge in [0.2, 0.25) is 0 Å². The van der Waals surface area contributed by atoms with Crippen molar-refractivity contribution >= 4 is 12.6 Å². The lowest BCUT2D eigenvalue weighted by Gasteiger charge is -2.22. The monoisotopic (exact) mass is 237 g/mol. The van der Waals surface area contributed by atoms with E-state index in [9.17, 15) is 0 Å². The Labute approximate surface area is 105 Å². The van der Waals surface area contributed by atoms with Crippen molar-refractivity contribution in [2.75, 3.05) is 19.3 Å². The summed E-state index contributed by atoms with van der Waals surface area (Å²) in [6.45, 7) is 6.53. The number of thiol groups is 1. The van der Waals surface area contributed by atoms with Gasteiger partial charge in [0.05, 0.1) is 0 Å². The molecule has 0 saturated heterocycles. The fraction of sp³-hybridized carbons (Fsp3) is 0.571. The molecule has 0 aliphatic heterocycles. The van der Waals surface area contributed by atoms with Crippen molar-refractivity contribution in [3.05, 3.63) is 35.4 Å². The molecular formula is C14H23NS. The summed E-state index contributed by atoms with van der Waals surface area (Å²) in [5.74, 6) is 1.69. The van der Waals surface area contributed by atoms with Crippen LogP contribution in [0.1, 0.15) is 24.5 Å². The minimum absolute atomic E-state index is 0.707. The highest BCUT2D eigenvalue weighted by molar-refractivity contribution is 7.80. The first-order chi connectivity index (χ1) is 7.65. The molecular weight excluding hydrogens is 214 g/mol. The number of hydrogen-bond acceptors (Lipinski definition) is 2. The van der Waals surface area contributed by atoms with Gasteiger partial charge in [-0.25, -0.2) is 0 Å². The molecule has 0 bridgehead atoms. The van der Waals surface area contributed by atoms with Crippen LogP contribution in [0.4, 0.5) is 0 Å². The van der Waals surface area contributed by atoms with Gasteiger partial charge in [-0.3, -0.25) is 0 Å². The van der Waals surface area contributed by atoms with Gasteiger partial charge in [0.25, 0.3) is 0 Å². The highest BCUT2D eigenvalue weighted by atomic mass is 32.1. The summed E-state index contributed by atoms with van der Waals surface area (Å²) in [6.07, 6.45) is 1.21. The third-order valence-corrected chi connectivity index (χ3v) is 3.49. The molecule has 0 radical (unpaired) electrons. The summed E-state index contributed by atoms with van der Waals surface area (Å²) in [4.78, 5) is 2.38. The van der Waals surface area contributed by atoms with Gasteiger partial charge < -0.3 is 4.90 Å². The van der Waals surface area contributed by atoms with Crippen molar-refractivity contribution in [2.45, 2.75) is 26.8 Å². The molecule has 1 atom stereocenters. The number of nitrogens with zero attached hydrogens (tertiary/aromatic N) is 1. The number of aryl methyl sites for hydroxylation is 1. The Morgan fingerprint density at radius 2 is 1.88 bits per heavy atom. The quantitative estimate of drug-likeness (QED) is 0.742. The van der Waals surface area contributed by atoms with Gasteiger partial charge in [-0.2, -0.15) is 12.6 Å². The van der Waals surface area contributed by atoms with Gasteiger partial charge in [0.15, 0.2) is 0 Å². The second-order valence-corrected chi connectivity index (χ2v) is 5.00. The van der Waals surface area contributed by atoms with Crippen molar-refractivity contribution in [3.63, 3.8) is 0 Å². The molecule has 1 nitrogen and oxygen atoms in total. The second kappa shape index (κ2) is 6.97. The van der Waals surface area contributed by atoms with E-state index in [1.807, 2.05) is 0 Å². The van der Waals surface area contributed by atoms with Crippen molar-refractivity contribution in [3.8, 4) is 0 Å². The van der Waals surface area contributed by atoms with Gasteiger partial charge in [-0.15, -0.1) is 0 Å². The molecule has 0 aromatic heterocycles. The van der Waals surface area contributed by atoms with Crippen LogP contribution in [0.15, 0.2) is 24.3 Å². The van der Waals surface area contributed by atoms with Gasteiger partial charge in [0, 0.05) is 13.1 Å². The lowest BCUT2D eigenvalue weighted by Crippen LogP contribution is -2.26. The Balaban J connectivity index is 2.44. The van der Waals surface area contributed by atoms with E-state index in [1.165, 1.54) is 17.5 Å². The van der Waals surface area contributed by atoms with E-state index in [0.717, 1.165) is 18.8 Å². The van der Waals surface area contributed by atoms with E-state index in [-0.39, 0.29) is 0 Å². The predicted molar refractivity (Wildman–Crippen MR) is 75.1 cm³/mol. The maximum atomic E-state index is 4.38. The lowest BCUT2D eigenvalue weighted by atomic mass is 10.1. The van der Waals surface area contributed by atoms with Crippen molar-refractivity contribution in [2.24, 2.45) is 5.92 Å². The van der Waals surface area contributed by atoms with E-state index in [2.05, 4.69) is 62.7 Å². The zero-order chi connectivity index (χ0) is 12.0. The first-order valence-electron chi connectivity index (χ1n) is 6.00. The minimum Gasteiger partial charge on any atom is -0.302 e. The second-order valence-electron chi connectivity index (χ2n) is 4.64. The highest BCUT2D eigenvalue weighted by Crippen LogP contribution is 2.10. The average molecular weight is 237 g/mol. The summed E-state index contributed by atoms with van der Waals surface area (Å²) < 4.78 is 0. The van der Waals surface area contributed by atoms with Crippen molar-refractivity contribution < 1.29 is 0 Å². The molecule has 0 spiro atoms. The lowest BCUT2D eigenvalue weighted by molar-refractivity contribution is 0.278. The molecule has 0 aliphatic rings. The number of benzene rings is 1. The van der Waals surface area contributed by atoms with Crippen LogP contribution in [0.25, 0.3) is 0 Å². The summed E-state index contributed by atoms with van der Waals surface area (Å²) in [5, 5.41) is 0. The maximum Gasteiger partial charge on any atom is 0.0230 e. The third-order valence-electron chi connectivity index (χ3n) is 2.98. The Morgan fingerprint density at radius 1 is 1.25 bits per heavy atom. The van der Waals surface area contributed by atoms with Crippen LogP contribution in [-0.4, -0.2) is 24.2 Å². The normalized spacial score (nSPS) is 13.1. The Hall–Kier alpha value is -0.470. The summed E-state index contributed by atoms with van der Waals surface area (Å²) in [7, 11) is 2.19. The van der Waals surface area contributed by atoms with Crippen LogP contribution in [0.5, 0.6) is 0 Å². The van der Waals surface area contributed by atoms with E-state index in [1.54, 1.807) is 0 Å². The first kappa shape index (κ1) is 13.6. The van der Waals surface area contributed by atoms with Gasteiger partial charge in [-0.1, -0.05) is 43.2 Å². The largest absolute Gasteiger partial charge is 0.302 e. The Morgan fingerprint density at radius 3 is 2.38 bits per heavy atom. The maximum absolute atomic E-state index is 4.38. The standard InChI is InChI=1S/C14H23NS/c1-4-13(11-16)9-15(3)10-14-7-5-12(2)6-8-14/h5-8,13,16H,4,9-11H2,1-3H3. The zero-order valence-corrected chi connectivity index (χ0v) is 11.5. The number of rotatable bonds is 6. The number of hydrogen-bond donors (Lipinski definition) is 1. The molecule has 0 aliphatic carbocycles. The minimum atomic E-state index is 0.707.